The van der Waals surface area contributed by atoms with Crippen molar-refractivity contribution in [2.24, 2.45) is 16.5 Å². The minimum absolute atomic E-state index is 0.220. The van der Waals surface area contributed by atoms with Gasteiger partial charge >= 0.3 is 5.97 Å². The van der Waals surface area contributed by atoms with E-state index >= 15 is 0 Å². The number of carbonyl (C=O) groups excluding carboxylic acids is 1. The molecule has 0 aliphatic rings. The maximum Gasteiger partial charge on any atom is 0.323 e. The number of hydrogen-bond donors (Lipinski definition) is 3. The highest BCUT2D eigenvalue weighted by Crippen LogP contribution is 2.02. The minimum atomic E-state index is -0.709. The average Bonchev–Trinajstić information content (AvgIpc) is 2.53. The summed E-state index contributed by atoms with van der Waals surface area (Å²) in [6.07, 6.45) is 0.375. The van der Waals surface area contributed by atoms with E-state index in [2.05, 4.69) is 10.3 Å². The Balaban J connectivity index is 2.22. The molecule has 1 atom stereocenters. The topological polar surface area (TPSA) is 112 Å². The Morgan fingerprint density at radius 1 is 1.36 bits per heavy atom. The van der Waals surface area contributed by atoms with Crippen molar-refractivity contribution in [2.45, 2.75) is 19.1 Å². The highest BCUT2D eigenvalue weighted by Gasteiger charge is 2.14. The fraction of sp³-hybridized carbons (Fsp3) is 0.467. The first-order valence-corrected chi connectivity index (χ1v) is 7.12. The quantitative estimate of drug-likeness (QED) is 0.256. The maximum absolute atomic E-state index is 11.7. The van der Waals surface area contributed by atoms with Crippen molar-refractivity contribution in [1.29, 1.82) is 0 Å². The molecule has 1 rings (SSSR count). The lowest BCUT2D eigenvalue weighted by Gasteiger charge is -2.11. The number of ether oxygens (including phenoxy) is 2. The molecule has 0 bridgehead atoms. The third kappa shape index (κ3) is 7.61. The molecule has 122 valence electrons. The summed E-state index contributed by atoms with van der Waals surface area (Å²) in [7, 11) is 1.61. The first kappa shape index (κ1) is 17.9. The van der Waals surface area contributed by atoms with Crippen LogP contribution < -0.4 is 16.8 Å². The van der Waals surface area contributed by atoms with Crippen molar-refractivity contribution < 1.29 is 14.3 Å². The molecule has 7 heteroatoms. The van der Waals surface area contributed by atoms with E-state index < -0.39 is 12.0 Å². The highest BCUT2D eigenvalue weighted by molar-refractivity contribution is 5.78. The van der Waals surface area contributed by atoms with Gasteiger partial charge in [-0.2, -0.15) is 0 Å². The number of aliphatic imine (C=N–C) groups is 1. The standard InChI is InChI=1S/C15H24N4O3/c1-21-10-9-19-15(17)18-8-7-13(16)14(20)22-11-12-5-3-2-4-6-12/h2-6,13H,7-11,16H2,1H3,(H3,17,18,19)/t13-/m0/s1. The van der Waals surface area contributed by atoms with Gasteiger partial charge in [0.15, 0.2) is 5.96 Å². The van der Waals surface area contributed by atoms with Crippen LogP contribution in [0, 0.1) is 0 Å². The third-order valence-corrected chi connectivity index (χ3v) is 2.86. The molecule has 0 radical (unpaired) electrons. The number of esters is 1. The van der Waals surface area contributed by atoms with Crippen molar-refractivity contribution in [1.82, 2.24) is 5.32 Å². The van der Waals surface area contributed by atoms with Gasteiger partial charge in [0.2, 0.25) is 0 Å². The molecule has 0 spiro atoms. The summed E-state index contributed by atoms with van der Waals surface area (Å²) in [5.41, 5.74) is 12.3. The van der Waals surface area contributed by atoms with E-state index in [4.69, 9.17) is 20.9 Å². The zero-order valence-corrected chi connectivity index (χ0v) is 12.8. The normalized spacial score (nSPS) is 12.7. The lowest BCUT2D eigenvalue weighted by atomic mass is 10.2. The van der Waals surface area contributed by atoms with Gasteiger partial charge in [-0.05, 0) is 12.0 Å². The molecular weight excluding hydrogens is 284 g/mol. The first-order valence-electron chi connectivity index (χ1n) is 7.12. The molecule has 1 aromatic rings. The summed E-state index contributed by atoms with van der Waals surface area (Å²) in [4.78, 5) is 15.8. The molecular formula is C15H24N4O3. The van der Waals surface area contributed by atoms with Crippen LogP contribution in [-0.4, -0.2) is 44.8 Å². The molecule has 0 amide bonds. The molecule has 0 saturated heterocycles. The molecule has 0 saturated carbocycles. The second-order valence-corrected chi connectivity index (χ2v) is 4.68. The van der Waals surface area contributed by atoms with Gasteiger partial charge in [0.1, 0.15) is 12.6 Å². The van der Waals surface area contributed by atoms with Gasteiger partial charge in [0.05, 0.1) is 6.61 Å². The SMILES string of the molecule is COCCNC(N)=NCC[C@H](N)C(=O)OCc1ccccc1. The molecule has 0 aromatic heterocycles. The van der Waals surface area contributed by atoms with Crippen LogP contribution in [0.15, 0.2) is 35.3 Å². The maximum atomic E-state index is 11.7. The Hall–Kier alpha value is -2.12. The summed E-state index contributed by atoms with van der Waals surface area (Å²) in [6, 6.07) is 8.73. The van der Waals surface area contributed by atoms with Crippen LogP contribution in [0.1, 0.15) is 12.0 Å². The van der Waals surface area contributed by atoms with Crippen LogP contribution in [0.25, 0.3) is 0 Å². The number of nitrogens with zero attached hydrogens (tertiary/aromatic N) is 1. The van der Waals surface area contributed by atoms with Crippen molar-refractivity contribution in [3.63, 3.8) is 0 Å². The van der Waals surface area contributed by atoms with Gasteiger partial charge in [0, 0.05) is 20.2 Å². The van der Waals surface area contributed by atoms with Crippen LogP contribution in [-0.2, 0) is 20.9 Å². The summed E-state index contributed by atoms with van der Waals surface area (Å²) in [6.45, 7) is 1.70. The zero-order valence-electron chi connectivity index (χ0n) is 12.8. The monoisotopic (exact) mass is 308 g/mol. The predicted molar refractivity (Wildman–Crippen MR) is 85.2 cm³/mol. The number of carbonyl (C=O) groups is 1. The molecule has 7 nitrogen and oxygen atoms in total. The lowest BCUT2D eigenvalue weighted by molar-refractivity contribution is -0.146. The van der Waals surface area contributed by atoms with Crippen LogP contribution in [0.5, 0.6) is 0 Å². The summed E-state index contributed by atoms with van der Waals surface area (Å²) in [5, 5.41) is 2.88. The molecule has 0 fully saturated rings. The van der Waals surface area contributed by atoms with E-state index in [1.807, 2.05) is 30.3 Å². The molecule has 1 aromatic carbocycles. The number of guanidine groups is 1. The fourth-order valence-corrected chi connectivity index (χ4v) is 1.61. The molecule has 0 unspecified atom stereocenters. The number of hydrogen-bond acceptors (Lipinski definition) is 5. The van der Waals surface area contributed by atoms with Crippen LogP contribution in [0.4, 0.5) is 0 Å². The molecule has 0 aliphatic heterocycles. The molecule has 5 N–H and O–H groups in total. The van der Waals surface area contributed by atoms with Crippen molar-refractivity contribution in [3.8, 4) is 0 Å². The largest absolute Gasteiger partial charge is 0.460 e. The summed E-state index contributed by atoms with van der Waals surface area (Å²) >= 11 is 0. The van der Waals surface area contributed by atoms with Gasteiger partial charge in [0.25, 0.3) is 0 Å². The average molecular weight is 308 g/mol. The summed E-state index contributed by atoms with van der Waals surface area (Å²) in [5.74, 6) is -0.133. The summed E-state index contributed by atoms with van der Waals surface area (Å²) < 4.78 is 10.0. The third-order valence-electron chi connectivity index (χ3n) is 2.86. The Morgan fingerprint density at radius 3 is 2.77 bits per heavy atom. The van der Waals surface area contributed by atoms with E-state index in [1.54, 1.807) is 7.11 Å². The second-order valence-electron chi connectivity index (χ2n) is 4.68. The number of rotatable bonds is 9. The predicted octanol–water partition coefficient (Wildman–Crippen LogP) is -0.00210. The van der Waals surface area contributed by atoms with Crippen molar-refractivity contribution in [3.05, 3.63) is 35.9 Å². The Bertz CT molecular complexity index is 465. The number of benzene rings is 1. The number of nitrogens with one attached hydrogen (secondary N) is 1. The lowest BCUT2D eigenvalue weighted by Crippen LogP contribution is -2.35. The Kier molecular flexibility index (Phi) is 8.63. The van der Waals surface area contributed by atoms with Crippen molar-refractivity contribution >= 4 is 11.9 Å². The van der Waals surface area contributed by atoms with E-state index in [1.165, 1.54) is 0 Å². The number of nitrogens with two attached hydrogens (primary N) is 2. The van der Waals surface area contributed by atoms with Gasteiger partial charge < -0.3 is 26.3 Å². The molecule has 22 heavy (non-hydrogen) atoms. The van der Waals surface area contributed by atoms with E-state index in [0.717, 1.165) is 5.56 Å². The number of methoxy groups -OCH3 is 1. The Labute approximate surface area is 130 Å². The van der Waals surface area contributed by atoms with E-state index in [-0.39, 0.29) is 6.61 Å². The highest BCUT2D eigenvalue weighted by atomic mass is 16.5. The van der Waals surface area contributed by atoms with Gasteiger partial charge in [-0.3, -0.25) is 9.79 Å². The fourth-order valence-electron chi connectivity index (χ4n) is 1.61. The minimum Gasteiger partial charge on any atom is -0.460 e. The molecule has 0 heterocycles. The zero-order chi connectivity index (χ0) is 16.2. The van der Waals surface area contributed by atoms with Crippen molar-refractivity contribution in [2.75, 3.05) is 26.8 Å². The van der Waals surface area contributed by atoms with Crippen LogP contribution >= 0.6 is 0 Å². The van der Waals surface area contributed by atoms with E-state index in [0.29, 0.717) is 32.1 Å². The first-order chi connectivity index (χ1) is 10.6. The van der Waals surface area contributed by atoms with Crippen LogP contribution in [0.3, 0.4) is 0 Å². The van der Waals surface area contributed by atoms with Gasteiger partial charge in [-0.15, -0.1) is 0 Å². The molecule has 0 aliphatic carbocycles. The van der Waals surface area contributed by atoms with E-state index in [9.17, 15) is 4.79 Å². The second kappa shape index (κ2) is 10.6. The Morgan fingerprint density at radius 2 is 2.09 bits per heavy atom. The van der Waals surface area contributed by atoms with Gasteiger partial charge in [-0.1, -0.05) is 30.3 Å². The smallest absolute Gasteiger partial charge is 0.323 e. The van der Waals surface area contributed by atoms with Gasteiger partial charge in [-0.25, -0.2) is 0 Å². The van der Waals surface area contributed by atoms with Crippen LogP contribution in [0.2, 0.25) is 0 Å².